The molecule has 1 heterocycles. The van der Waals surface area contributed by atoms with Crippen LogP contribution in [-0.4, -0.2) is 18.9 Å². The number of rotatable bonds is 5. The third kappa shape index (κ3) is 3.13. The molecule has 1 atom stereocenters. The van der Waals surface area contributed by atoms with Crippen LogP contribution in [0.3, 0.4) is 0 Å². The Morgan fingerprint density at radius 1 is 1.37 bits per heavy atom. The molecule has 1 aliphatic heterocycles. The van der Waals surface area contributed by atoms with Crippen molar-refractivity contribution in [3.8, 4) is 0 Å². The van der Waals surface area contributed by atoms with Crippen LogP contribution in [0.5, 0.6) is 0 Å². The monoisotopic (exact) mass is 299 g/mol. The fourth-order valence-corrected chi connectivity index (χ4v) is 3.02. The Kier molecular flexibility index (Phi) is 4.88. The van der Waals surface area contributed by atoms with Crippen LogP contribution in [0.2, 0.25) is 10.0 Å². The van der Waals surface area contributed by atoms with Gasteiger partial charge in [0, 0.05) is 17.5 Å². The second-order valence-corrected chi connectivity index (χ2v) is 6.08. The molecule has 1 saturated heterocycles. The molecule has 0 spiro atoms. The first-order chi connectivity index (χ1) is 9.09. The van der Waals surface area contributed by atoms with Crippen LogP contribution in [0.1, 0.15) is 43.0 Å². The van der Waals surface area contributed by atoms with Crippen LogP contribution >= 0.6 is 23.2 Å². The number of benzene rings is 1. The Bertz CT molecular complexity index is 467. The summed E-state index contributed by atoms with van der Waals surface area (Å²) in [7, 11) is 0. The van der Waals surface area contributed by atoms with E-state index in [4.69, 9.17) is 23.2 Å². The minimum atomic E-state index is -0.257. The largest absolute Gasteiger partial charge is 0.316 e. The van der Waals surface area contributed by atoms with Gasteiger partial charge in [-0.05, 0) is 37.6 Å². The van der Waals surface area contributed by atoms with Gasteiger partial charge in [-0.25, -0.2) is 0 Å². The van der Waals surface area contributed by atoms with Crippen LogP contribution < -0.4 is 5.32 Å². The normalized spacial score (nSPS) is 22.7. The van der Waals surface area contributed by atoms with E-state index in [1.807, 2.05) is 0 Å². The molecule has 0 amide bonds. The lowest BCUT2D eigenvalue weighted by atomic mass is 9.75. The Balaban J connectivity index is 2.26. The molecule has 1 N–H and O–H groups in total. The molecule has 104 valence electrons. The lowest BCUT2D eigenvalue weighted by Gasteiger charge is -2.26. The highest BCUT2D eigenvalue weighted by Gasteiger charge is 2.40. The zero-order chi connectivity index (χ0) is 13.9. The summed E-state index contributed by atoms with van der Waals surface area (Å²) in [6.45, 7) is 3.84. The van der Waals surface area contributed by atoms with Crippen molar-refractivity contribution in [2.45, 2.75) is 32.6 Å². The van der Waals surface area contributed by atoms with E-state index in [9.17, 15) is 4.79 Å². The lowest BCUT2D eigenvalue weighted by molar-refractivity contribution is 0.0799. The number of Topliss-reactive ketones (excluding diaryl/α,β-unsaturated/α-hetero) is 1. The van der Waals surface area contributed by atoms with Gasteiger partial charge in [-0.1, -0.05) is 43.0 Å². The summed E-state index contributed by atoms with van der Waals surface area (Å²) in [5, 5.41) is 4.26. The van der Waals surface area contributed by atoms with Crippen LogP contribution in [0.4, 0.5) is 0 Å². The van der Waals surface area contributed by atoms with Gasteiger partial charge in [-0.3, -0.25) is 4.79 Å². The summed E-state index contributed by atoms with van der Waals surface area (Å²) in [4.78, 5) is 12.8. The molecule has 1 aliphatic rings. The Hall–Kier alpha value is -0.570. The van der Waals surface area contributed by atoms with Crippen LogP contribution in [0.15, 0.2) is 18.2 Å². The van der Waals surface area contributed by atoms with E-state index < -0.39 is 0 Å². The maximum absolute atomic E-state index is 12.8. The smallest absolute Gasteiger partial charge is 0.170 e. The van der Waals surface area contributed by atoms with Crippen molar-refractivity contribution < 1.29 is 4.79 Å². The lowest BCUT2D eigenvalue weighted by Crippen LogP contribution is -2.33. The number of halogens is 2. The first-order valence-electron chi connectivity index (χ1n) is 6.79. The van der Waals surface area contributed by atoms with E-state index in [0.29, 0.717) is 15.6 Å². The average molecular weight is 300 g/mol. The quantitative estimate of drug-likeness (QED) is 0.819. The maximum Gasteiger partial charge on any atom is 0.170 e. The number of carbonyl (C=O) groups excluding carboxylic acids is 1. The van der Waals surface area contributed by atoms with Gasteiger partial charge in [0.05, 0.1) is 10.0 Å². The summed E-state index contributed by atoms with van der Waals surface area (Å²) in [5.41, 5.74) is 0.418. The van der Waals surface area contributed by atoms with Gasteiger partial charge in [0.2, 0.25) is 0 Å². The fraction of sp³-hybridized carbons (Fsp3) is 0.533. The minimum Gasteiger partial charge on any atom is -0.316 e. The molecule has 0 aliphatic carbocycles. The third-order valence-corrected chi connectivity index (χ3v) is 4.66. The summed E-state index contributed by atoms with van der Waals surface area (Å²) in [6, 6.07) is 5.17. The van der Waals surface area contributed by atoms with Gasteiger partial charge < -0.3 is 5.32 Å². The number of nitrogens with one attached hydrogen (secondary N) is 1. The zero-order valence-corrected chi connectivity index (χ0v) is 12.7. The first-order valence-corrected chi connectivity index (χ1v) is 7.55. The highest BCUT2D eigenvalue weighted by Crippen LogP contribution is 2.36. The Morgan fingerprint density at radius 2 is 2.16 bits per heavy atom. The molecule has 0 bridgehead atoms. The van der Waals surface area contributed by atoms with Gasteiger partial charge in [0.1, 0.15) is 0 Å². The van der Waals surface area contributed by atoms with E-state index in [2.05, 4.69) is 12.2 Å². The van der Waals surface area contributed by atoms with Crippen molar-refractivity contribution >= 4 is 29.0 Å². The van der Waals surface area contributed by atoms with Gasteiger partial charge in [-0.2, -0.15) is 0 Å². The van der Waals surface area contributed by atoms with E-state index in [-0.39, 0.29) is 11.2 Å². The number of ketones is 1. The molecule has 1 fully saturated rings. The molecule has 4 heteroatoms. The predicted molar refractivity (Wildman–Crippen MR) is 80.2 cm³/mol. The van der Waals surface area contributed by atoms with E-state index in [0.717, 1.165) is 38.8 Å². The minimum absolute atomic E-state index is 0.199. The SMILES string of the molecule is CCCCC1(C(=O)c2ccc(Cl)c(Cl)c2)CCNC1. The van der Waals surface area contributed by atoms with Crippen molar-refractivity contribution in [3.63, 3.8) is 0 Å². The van der Waals surface area contributed by atoms with Crippen molar-refractivity contribution in [2.75, 3.05) is 13.1 Å². The van der Waals surface area contributed by atoms with Crippen molar-refractivity contribution in [2.24, 2.45) is 5.41 Å². The average Bonchev–Trinajstić information content (AvgIpc) is 2.89. The first kappa shape index (κ1) is 14.8. The zero-order valence-electron chi connectivity index (χ0n) is 11.1. The molecule has 1 aromatic rings. The molecule has 2 nitrogen and oxygen atoms in total. The molecular formula is C15H19Cl2NO. The van der Waals surface area contributed by atoms with Gasteiger partial charge in [0.25, 0.3) is 0 Å². The molecule has 19 heavy (non-hydrogen) atoms. The molecule has 1 aromatic carbocycles. The fourth-order valence-electron chi connectivity index (χ4n) is 2.72. The molecule has 0 radical (unpaired) electrons. The molecule has 1 unspecified atom stereocenters. The van der Waals surface area contributed by atoms with Crippen molar-refractivity contribution in [1.82, 2.24) is 5.32 Å². The predicted octanol–water partition coefficient (Wildman–Crippen LogP) is 4.35. The van der Waals surface area contributed by atoms with Crippen LogP contribution in [0.25, 0.3) is 0 Å². The highest BCUT2D eigenvalue weighted by molar-refractivity contribution is 6.42. The van der Waals surface area contributed by atoms with Gasteiger partial charge >= 0.3 is 0 Å². The third-order valence-electron chi connectivity index (χ3n) is 3.92. The second-order valence-electron chi connectivity index (χ2n) is 5.27. The van der Waals surface area contributed by atoms with Crippen molar-refractivity contribution in [1.29, 1.82) is 0 Å². The summed E-state index contributed by atoms with van der Waals surface area (Å²) in [5.74, 6) is 0.199. The molecule has 2 rings (SSSR count). The standard InChI is InChI=1S/C15H19Cl2NO/c1-2-3-6-15(7-8-18-10-15)14(19)11-4-5-12(16)13(17)9-11/h4-5,9,18H,2-3,6-8,10H2,1H3. The topological polar surface area (TPSA) is 29.1 Å². The van der Waals surface area contributed by atoms with Gasteiger partial charge in [0.15, 0.2) is 5.78 Å². The van der Waals surface area contributed by atoms with E-state index in [1.165, 1.54) is 0 Å². The van der Waals surface area contributed by atoms with Gasteiger partial charge in [-0.15, -0.1) is 0 Å². The van der Waals surface area contributed by atoms with E-state index in [1.54, 1.807) is 18.2 Å². The Morgan fingerprint density at radius 3 is 2.74 bits per heavy atom. The molecule has 0 aromatic heterocycles. The summed E-state index contributed by atoms with van der Waals surface area (Å²) < 4.78 is 0. The number of hydrogen-bond acceptors (Lipinski definition) is 2. The number of carbonyl (C=O) groups is 1. The number of unbranched alkanes of at least 4 members (excludes halogenated alkanes) is 1. The molecule has 0 saturated carbocycles. The molecular weight excluding hydrogens is 281 g/mol. The summed E-state index contributed by atoms with van der Waals surface area (Å²) in [6.07, 6.45) is 4.03. The highest BCUT2D eigenvalue weighted by atomic mass is 35.5. The van der Waals surface area contributed by atoms with E-state index >= 15 is 0 Å². The van der Waals surface area contributed by atoms with Crippen molar-refractivity contribution in [3.05, 3.63) is 33.8 Å². The Labute approximate surface area is 124 Å². The second kappa shape index (κ2) is 6.25. The summed E-state index contributed by atoms with van der Waals surface area (Å²) >= 11 is 11.9. The van der Waals surface area contributed by atoms with Crippen LogP contribution in [-0.2, 0) is 0 Å². The number of hydrogen-bond donors (Lipinski definition) is 1. The maximum atomic E-state index is 12.8. The van der Waals surface area contributed by atoms with Crippen LogP contribution in [0, 0.1) is 5.41 Å².